The van der Waals surface area contributed by atoms with Gasteiger partial charge in [0.05, 0.1) is 7.11 Å². The van der Waals surface area contributed by atoms with E-state index in [1.54, 1.807) is 18.3 Å². The van der Waals surface area contributed by atoms with Crippen LogP contribution in [-0.2, 0) is 0 Å². The number of carbonyl (C=O) groups is 1. The second-order valence-electron chi connectivity index (χ2n) is 3.91. The molecular weight excluding hydrogens is 228 g/mol. The number of nitrogens with one attached hydrogen (secondary N) is 1. The number of hydrogen-bond acceptors (Lipinski definition) is 3. The van der Waals surface area contributed by atoms with Gasteiger partial charge < -0.3 is 10.1 Å². The van der Waals surface area contributed by atoms with Crippen molar-refractivity contribution < 1.29 is 9.53 Å². The zero-order chi connectivity index (χ0) is 13.0. The molecule has 0 aliphatic carbocycles. The summed E-state index contributed by atoms with van der Waals surface area (Å²) in [5, 5.41) is 2.81. The summed E-state index contributed by atoms with van der Waals surface area (Å²) in [4.78, 5) is 15.9. The first kappa shape index (κ1) is 12.1. The van der Waals surface area contributed by atoms with Crippen molar-refractivity contribution in [3.05, 3.63) is 53.7 Å². The Morgan fingerprint density at radius 2 is 1.94 bits per heavy atom. The lowest BCUT2D eigenvalue weighted by Crippen LogP contribution is -2.12. The van der Waals surface area contributed by atoms with Gasteiger partial charge in [-0.15, -0.1) is 0 Å². The maximum Gasteiger partial charge on any atom is 0.255 e. The van der Waals surface area contributed by atoms with Crippen LogP contribution >= 0.6 is 0 Å². The zero-order valence-electron chi connectivity index (χ0n) is 10.3. The van der Waals surface area contributed by atoms with Crippen LogP contribution in [0.1, 0.15) is 15.9 Å². The van der Waals surface area contributed by atoms with Crippen molar-refractivity contribution >= 4 is 11.6 Å². The van der Waals surface area contributed by atoms with Gasteiger partial charge in [0, 0.05) is 23.5 Å². The van der Waals surface area contributed by atoms with E-state index in [2.05, 4.69) is 10.3 Å². The Morgan fingerprint density at radius 1 is 1.22 bits per heavy atom. The average molecular weight is 242 g/mol. The normalized spacial score (nSPS) is 9.89. The van der Waals surface area contributed by atoms with Gasteiger partial charge in [0.15, 0.2) is 0 Å². The second-order valence-corrected chi connectivity index (χ2v) is 3.91. The molecule has 2 rings (SSSR count). The molecule has 1 amide bonds. The molecule has 92 valence electrons. The lowest BCUT2D eigenvalue weighted by Gasteiger charge is -2.06. The van der Waals surface area contributed by atoms with Gasteiger partial charge >= 0.3 is 0 Å². The summed E-state index contributed by atoms with van der Waals surface area (Å²) in [7, 11) is 1.52. The van der Waals surface area contributed by atoms with E-state index in [9.17, 15) is 4.79 Å². The first-order chi connectivity index (χ1) is 8.69. The van der Waals surface area contributed by atoms with E-state index in [1.807, 2.05) is 31.2 Å². The van der Waals surface area contributed by atoms with Crippen molar-refractivity contribution in [3.8, 4) is 5.88 Å². The van der Waals surface area contributed by atoms with Gasteiger partial charge in [-0.3, -0.25) is 4.79 Å². The summed E-state index contributed by atoms with van der Waals surface area (Å²) in [5.41, 5.74) is 2.43. The Labute approximate surface area is 106 Å². The molecule has 0 saturated heterocycles. The van der Waals surface area contributed by atoms with Crippen LogP contribution in [0.3, 0.4) is 0 Å². The lowest BCUT2D eigenvalue weighted by atomic mass is 10.2. The molecule has 4 heteroatoms. The highest BCUT2D eigenvalue weighted by molar-refractivity contribution is 6.04. The molecule has 0 bridgehead atoms. The predicted molar refractivity (Wildman–Crippen MR) is 69.9 cm³/mol. The number of hydrogen-bond donors (Lipinski definition) is 1. The lowest BCUT2D eigenvalue weighted by molar-refractivity contribution is 0.102. The van der Waals surface area contributed by atoms with Crippen LogP contribution in [-0.4, -0.2) is 18.0 Å². The fourth-order valence-electron chi connectivity index (χ4n) is 1.50. The molecule has 1 N–H and O–H groups in total. The Hall–Kier alpha value is -2.36. The Kier molecular flexibility index (Phi) is 3.57. The molecule has 18 heavy (non-hydrogen) atoms. The van der Waals surface area contributed by atoms with Crippen LogP contribution < -0.4 is 10.1 Å². The third-order valence-corrected chi connectivity index (χ3v) is 2.52. The van der Waals surface area contributed by atoms with Crippen molar-refractivity contribution in [2.45, 2.75) is 6.92 Å². The van der Waals surface area contributed by atoms with Crippen molar-refractivity contribution in [1.29, 1.82) is 0 Å². The van der Waals surface area contributed by atoms with E-state index in [4.69, 9.17) is 4.74 Å². The number of aromatic nitrogens is 1. The molecule has 0 spiro atoms. The number of ether oxygens (including phenoxy) is 1. The van der Waals surface area contributed by atoms with E-state index in [0.717, 1.165) is 11.3 Å². The highest BCUT2D eigenvalue weighted by Crippen LogP contribution is 2.13. The van der Waals surface area contributed by atoms with Crippen LogP contribution in [0.4, 0.5) is 5.69 Å². The number of nitrogens with zero attached hydrogens (tertiary/aromatic N) is 1. The van der Waals surface area contributed by atoms with Crippen molar-refractivity contribution in [3.63, 3.8) is 0 Å². The van der Waals surface area contributed by atoms with E-state index >= 15 is 0 Å². The number of rotatable bonds is 3. The summed E-state index contributed by atoms with van der Waals surface area (Å²) in [6.07, 6.45) is 1.54. The van der Waals surface area contributed by atoms with Crippen LogP contribution in [0.15, 0.2) is 42.6 Å². The number of carbonyl (C=O) groups excluding carboxylic acids is 1. The number of aryl methyl sites for hydroxylation is 1. The summed E-state index contributed by atoms with van der Waals surface area (Å²) in [6.45, 7) is 2.00. The van der Waals surface area contributed by atoms with Gasteiger partial charge in [-0.1, -0.05) is 17.7 Å². The second kappa shape index (κ2) is 5.31. The maximum atomic E-state index is 12.0. The fraction of sp³-hybridized carbons (Fsp3) is 0.143. The van der Waals surface area contributed by atoms with Gasteiger partial charge in [-0.2, -0.15) is 0 Å². The number of pyridine rings is 1. The number of amides is 1. The van der Waals surface area contributed by atoms with E-state index in [-0.39, 0.29) is 5.91 Å². The molecule has 1 heterocycles. The highest BCUT2D eigenvalue weighted by Gasteiger charge is 2.07. The Balaban J connectivity index is 2.14. The molecule has 1 aromatic heterocycles. The van der Waals surface area contributed by atoms with Gasteiger partial charge in [-0.05, 0) is 25.1 Å². The molecule has 0 fully saturated rings. The number of benzene rings is 1. The van der Waals surface area contributed by atoms with Gasteiger partial charge in [-0.25, -0.2) is 4.98 Å². The van der Waals surface area contributed by atoms with E-state index in [1.165, 1.54) is 7.11 Å². The summed E-state index contributed by atoms with van der Waals surface area (Å²) >= 11 is 0. The van der Waals surface area contributed by atoms with Crippen molar-refractivity contribution in [1.82, 2.24) is 4.98 Å². The molecule has 0 radical (unpaired) electrons. The first-order valence-corrected chi connectivity index (χ1v) is 5.57. The van der Waals surface area contributed by atoms with E-state index in [0.29, 0.717) is 11.4 Å². The average Bonchev–Trinajstić information content (AvgIpc) is 2.41. The molecule has 0 aliphatic heterocycles. The third kappa shape index (κ3) is 2.85. The molecular formula is C14H14N2O2. The van der Waals surface area contributed by atoms with Crippen LogP contribution in [0.25, 0.3) is 0 Å². The van der Waals surface area contributed by atoms with Crippen LogP contribution in [0.5, 0.6) is 5.88 Å². The van der Waals surface area contributed by atoms with Crippen LogP contribution in [0, 0.1) is 6.92 Å². The fourth-order valence-corrected chi connectivity index (χ4v) is 1.50. The minimum absolute atomic E-state index is 0.181. The van der Waals surface area contributed by atoms with Crippen molar-refractivity contribution in [2.75, 3.05) is 12.4 Å². The quantitative estimate of drug-likeness (QED) is 0.900. The monoisotopic (exact) mass is 242 g/mol. The molecule has 0 atom stereocenters. The molecule has 0 unspecified atom stereocenters. The van der Waals surface area contributed by atoms with Gasteiger partial charge in [0.2, 0.25) is 5.88 Å². The summed E-state index contributed by atoms with van der Waals surface area (Å²) in [5.74, 6) is 0.242. The summed E-state index contributed by atoms with van der Waals surface area (Å²) in [6, 6.07) is 10.9. The van der Waals surface area contributed by atoms with Crippen LogP contribution in [0.2, 0.25) is 0 Å². The standard InChI is InChI=1S/C14H14N2O2/c1-10-3-5-12(6-4-10)16-14(17)11-7-8-15-13(9-11)18-2/h3-9H,1-2H3,(H,16,17). The SMILES string of the molecule is COc1cc(C(=O)Nc2ccc(C)cc2)ccn1. The third-order valence-electron chi connectivity index (χ3n) is 2.52. The minimum atomic E-state index is -0.181. The maximum absolute atomic E-state index is 12.0. The van der Waals surface area contributed by atoms with E-state index < -0.39 is 0 Å². The highest BCUT2D eigenvalue weighted by atomic mass is 16.5. The van der Waals surface area contributed by atoms with Crippen molar-refractivity contribution in [2.24, 2.45) is 0 Å². The largest absolute Gasteiger partial charge is 0.481 e. The molecule has 0 saturated carbocycles. The zero-order valence-corrected chi connectivity index (χ0v) is 10.3. The molecule has 2 aromatic rings. The van der Waals surface area contributed by atoms with Gasteiger partial charge in [0.25, 0.3) is 5.91 Å². The number of anilines is 1. The molecule has 0 aliphatic rings. The smallest absolute Gasteiger partial charge is 0.255 e. The van der Waals surface area contributed by atoms with Gasteiger partial charge in [0.1, 0.15) is 0 Å². The Bertz CT molecular complexity index is 550. The minimum Gasteiger partial charge on any atom is -0.481 e. The first-order valence-electron chi connectivity index (χ1n) is 5.57. The summed E-state index contributed by atoms with van der Waals surface area (Å²) < 4.78 is 4.98. The topological polar surface area (TPSA) is 51.2 Å². The predicted octanol–water partition coefficient (Wildman–Crippen LogP) is 2.65. The number of methoxy groups -OCH3 is 1. The molecule has 1 aromatic carbocycles. The Morgan fingerprint density at radius 3 is 2.61 bits per heavy atom. The molecule has 4 nitrogen and oxygen atoms in total.